The Morgan fingerprint density at radius 1 is 1.04 bits per heavy atom. The number of methoxy groups -OCH3 is 1. The standard InChI is InChI=1S/C35H39Cl2N5O4/c1-35(2,3)46-34(44)38-18-19-42-21-23(20-39-42)25-10-6-11-26(31(25)36)27-12-7-13-28(32(27)37)29-16-14-22(33(41-29)45-4)8-5-9-24-15-17-30(43)40-24/h6-7,10-14,16,20-21,24H,5,8-9,15,17-19H2,1-4H3,(H,38,44)(H,40,43)/t24-/m1/s1. The number of halogens is 2. The minimum absolute atomic E-state index is 0.137. The summed E-state index contributed by atoms with van der Waals surface area (Å²) in [6.07, 6.45) is 7.33. The molecule has 4 aromatic rings. The highest BCUT2D eigenvalue weighted by Gasteiger charge is 2.21. The van der Waals surface area contributed by atoms with Crippen LogP contribution < -0.4 is 15.4 Å². The molecule has 1 aliphatic heterocycles. The van der Waals surface area contributed by atoms with E-state index in [0.29, 0.717) is 41.1 Å². The number of benzene rings is 2. The van der Waals surface area contributed by atoms with Crippen LogP contribution in [0.15, 0.2) is 60.9 Å². The predicted molar refractivity (Wildman–Crippen MR) is 181 cm³/mol. The first kappa shape index (κ1) is 33.3. The van der Waals surface area contributed by atoms with Gasteiger partial charge in [0.1, 0.15) is 5.60 Å². The van der Waals surface area contributed by atoms with Crippen LogP contribution in [0.4, 0.5) is 4.79 Å². The number of carbonyl (C=O) groups is 2. The molecule has 5 rings (SSSR count). The summed E-state index contributed by atoms with van der Waals surface area (Å²) in [4.78, 5) is 28.3. The average Bonchev–Trinajstić information content (AvgIpc) is 3.65. The Hall–Kier alpha value is -4.08. The Morgan fingerprint density at radius 3 is 2.41 bits per heavy atom. The fraction of sp³-hybridized carbons (Fsp3) is 0.371. The van der Waals surface area contributed by atoms with Crippen LogP contribution in [0.2, 0.25) is 10.0 Å². The van der Waals surface area contributed by atoms with Crippen LogP contribution in [0, 0.1) is 0 Å². The highest BCUT2D eigenvalue weighted by Crippen LogP contribution is 2.42. The zero-order chi connectivity index (χ0) is 32.8. The van der Waals surface area contributed by atoms with Gasteiger partial charge >= 0.3 is 6.09 Å². The minimum atomic E-state index is -0.557. The fourth-order valence-corrected chi connectivity index (χ4v) is 6.19. The topological polar surface area (TPSA) is 107 Å². The summed E-state index contributed by atoms with van der Waals surface area (Å²) in [6, 6.07) is 15.9. The van der Waals surface area contributed by atoms with E-state index in [1.165, 1.54) is 0 Å². The zero-order valence-corrected chi connectivity index (χ0v) is 28.0. The lowest BCUT2D eigenvalue weighted by molar-refractivity contribution is -0.119. The van der Waals surface area contributed by atoms with Crippen LogP contribution >= 0.6 is 23.2 Å². The molecule has 46 heavy (non-hydrogen) atoms. The number of hydrogen-bond donors (Lipinski definition) is 2. The third-order valence-electron chi connectivity index (χ3n) is 7.73. The molecule has 1 atom stereocenters. The molecule has 0 radical (unpaired) electrons. The quantitative estimate of drug-likeness (QED) is 0.170. The molecule has 9 nitrogen and oxygen atoms in total. The molecule has 2 aromatic heterocycles. The first-order valence-corrected chi connectivity index (χ1v) is 16.2. The number of pyridine rings is 1. The molecule has 3 heterocycles. The lowest BCUT2D eigenvalue weighted by Crippen LogP contribution is -2.34. The van der Waals surface area contributed by atoms with Crippen LogP contribution in [-0.4, -0.2) is 52.1 Å². The molecule has 1 aliphatic rings. The summed E-state index contributed by atoms with van der Waals surface area (Å²) in [7, 11) is 1.62. The number of alkyl carbamates (subject to hydrolysis) is 1. The molecule has 0 unspecified atom stereocenters. The SMILES string of the molecule is COc1nc(-c2cccc(-c3cccc(-c4cnn(CCNC(=O)OC(C)(C)C)c4)c3Cl)c2Cl)ccc1CCC[C@@H]1CCC(=O)N1. The molecule has 11 heteroatoms. The smallest absolute Gasteiger partial charge is 0.407 e. The number of nitrogens with one attached hydrogen (secondary N) is 2. The first-order chi connectivity index (χ1) is 22.0. The summed E-state index contributed by atoms with van der Waals surface area (Å²) in [5.41, 5.74) is 5.14. The number of ether oxygens (including phenoxy) is 2. The van der Waals surface area contributed by atoms with Crippen LogP contribution in [0.3, 0.4) is 0 Å². The molecule has 1 saturated heterocycles. The normalized spacial score (nSPS) is 14.7. The minimum Gasteiger partial charge on any atom is -0.481 e. The van der Waals surface area contributed by atoms with Gasteiger partial charge in [0.2, 0.25) is 11.8 Å². The van der Waals surface area contributed by atoms with Gasteiger partial charge in [-0.2, -0.15) is 5.10 Å². The average molecular weight is 665 g/mol. The largest absolute Gasteiger partial charge is 0.481 e. The van der Waals surface area contributed by atoms with Crippen LogP contribution in [0.25, 0.3) is 33.5 Å². The van der Waals surface area contributed by atoms with Gasteiger partial charge in [-0.25, -0.2) is 9.78 Å². The number of aromatic nitrogens is 3. The number of aryl methyl sites for hydroxylation is 1. The van der Waals surface area contributed by atoms with Gasteiger partial charge < -0.3 is 20.1 Å². The van der Waals surface area contributed by atoms with E-state index >= 15 is 0 Å². The Morgan fingerprint density at radius 2 is 1.74 bits per heavy atom. The Labute approximate surface area is 279 Å². The molecule has 0 saturated carbocycles. The summed E-state index contributed by atoms with van der Waals surface area (Å²) in [6.45, 7) is 6.30. The van der Waals surface area contributed by atoms with E-state index in [1.807, 2.05) is 75.5 Å². The zero-order valence-electron chi connectivity index (χ0n) is 26.5. The van der Waals surface area contributed by atoms with Gasteiger partial charge in [0.15, 0.2) is 0 Å². The van der Waals surface area contributed by atoms with E-state index in [2.05, 4.69) is 15.7 Å². The number of amides is 2. The summed E-state index contributed by atoms with van der Waals surface area (Å²) < 4.78 is 12.7. The van der Waals surface area contributed by atoms with Gasteiger partial charge in [-0.1, -0.05) is 65.7 Å². The molecular formula is C35H39Cl2N5O4. The van der Waals surface area contributed by atoms with Crippen molar-refractivity contribution in [1.29, 1.82) is 0 Å². The van der Waals surface area contributed by atoms with E-state index in [-0.39, 0.29) is 11.9 Å². The molecule has 242 valence electrons. The van der Waals surface area contributed by atoms with E-state index in [9.17, 15) is 9.59 Å². The second kappa shape index (κ2) is 14.6. The Balaban J connectivity index is 1.31. The van der Waals surface area contributed by atoms with Gasteiger partial charge in [0, 0.05) is 58.6 Å². The van der Waals surface area contributed by atoms with E-state index in [1.54, 1.807) is 18.0 Å². The van der Waals surface area contributed by atoms with Crippen molar-refractivity contribution in [2.75, 3.05) is 13.7 Å². The number of carbonyl (C=O) groups excluding carboxylic acids is 2. The molecule has 1 fully saturated rings. The third-order valence-corrected chi connectivity index (χ3v) is 8.55. The van der Waals surface area contributed by atoms with E-state index < -0.39 is 11.7 Å². The molecule has 0 spiro atoms. The van der Waals surface area contributed by atoms with Crippen LogP contribution in [0.1, 0.15) is 52.0 Å². The molecule has 0 bridgehead atoms. The highest BCUT2D eigenvalue weighted by atomic mass is 35.5. The summed E-state index contributed by atoms with van der Waals surface area (Å²) >= 11 is 14.1. The molecule has 2 amide bonds. The second-order valence-electron chi connectivity index (χ2n) is 12.3. The van der Waals surface area contributed by atoms with Crippen molar-refractivity contribution in [3.63, 3.8) is 0 Å². The van der Waals surface area contributed by atoms with Crippen molar-refractivity contribution in [3.8, 4) is 39.4 Å². The maximum Gasteiger partial charge on any atom is 0.407 e. The van der Waals surface area contributed by atoms with Gasteiger partial charge in [-0.15, -0.1) is 0 Å². The Kier molecular flexibility index (Phi) is 10.5. The Bertz CT molecular complexity index is 1720. The van der Waals surface area contributed by atoms with Gasteiger partial charge in [0.25, 0.3) is 0 Å². The first-order valence-electron chi connectivity index (χ1n) is 15.4. The molecule has 2 aromatic carbocycles. The van der Waals surface area contributed by atoms with Crippen LogP contribution in [0.5, 0.6) is 5.88 Å². The monoisotopic (exact) mass is 663 g/mol. The number of rotatable bonds is 11. The van der Waals surface area contributed by atoms with Crippen molar-refractivity contribution in [3.05, 3.63) is 76.5 Å². The van der Waals surface area contributed by atoms with Crippen molar-refractivity contribution in [2.45, 2.75) is 71.1 Å². The van der Waals surface area contributed by atoms with Gasteiger partial charge in [-0.3, -0.25) is 9.48 Å². The van der Waals surface area contributed by atoms with Gasteiger partial charge in [0.05, 0.1) is 35.6 Å². The van der Waals surface area contributed by atoms with Gasteiger partial charge in [-0.05, 0) is 52.5 Å². The van der Waals surface area contributed by atoms with Crippen molar-refractivity contribution in [1.82, 2.24) is 25.4 Å². The van der Waals surface area contributed by atoms with Crippen molar-refractivity contribution < 1.29 is 19.1 Å². The van der Waals surface area contributed by atoms with E-state index in [0.717, 1.165) is 59.1 Å². The molecular weight excluding hydrogens is 625 g/mol. The summed E-state index contributed by atoms with van der Waals surface area (Å²) in [5.74, 6) is 0.700. The molecule has 0 aliphatic carbocycles. The van der Waals surface area contributed by atoms with Crippen molar-refractivity contribution in [2.24, 2.45) is 0 Å². The van der Waals surface area contributed by atoms with E-state index in [4.69, 9.17) is 37.7 Å². The maximum absolute atomic E-state index is 12.0. The second-order valence-corrected chi connectivity index (χ2v) is 13.1. The number of nitrogens with zero attached hydrogens (tertiary/aromatic N) is 3. The lowest BCUT2D eigenvalue weighted by Gasteiger charge is -2.19. The van der Waals surface area contributed by atoms with Crippen LogP contribution in [-0.2, 0) is 22.5 Å². The lowest BCUT2D eigenvalue weighted by atomic mass is 9.97. The summed E-state index contributed by atoms with van der Waals surface area (Å²) in [5, 5.41) is 11.3. The predicted octanol–water partition coefficient (Wildman–Crippen LogP) is 7.72. The maximum atomic E-state index is 12.0. The highest BCUT2D eigenvalue weighted by molar-refractivity contribution is 6.39. The number of hydrogen-bond acceptors (Lipinski definition) is 6. The molecule has 2 N–H and O–H groups in total. The fourth-order valence-electron chi connectivity index (χ4n) is 5.53. The third kappa shape index (κ3) is 8.19. The van der Waals surface area contributed by atoms with Crippen molar-refractivity contribution >= 4 is 35.2 Å².